The molecule has 7 heteroatoms. The topological polar surface area (TPSA) is 80.5 Å². The Kier molecular flexibility index (Phi) is 9.21. The molecule has 0 aliphatic carbocycles. The summed E-state index contributed by atoms with van der Waals surface area (Å²) >= 11 is 0. The fourth-order valence-corrected chi connectivity index (χ4v) is 4.76. The van der Waals surface area contributed by atoms with Crippen LogP contribution in [-0.4, -0.2) is 46.7 Å². The van der Waals surface area contributed by atoms with Crippen LogP contribution in [0.3, 0.4) is 0 Å². The van der Waals surface area contributed by atoms with E-state index >= 15 is 0 Å². The maximum Gasteiger partial charge on any atom is 0.241 e. The Hall–Kier alpha value is -3.19. The van der Waals surface area contributed by atoms with E-state index in [0.717, 1.165) is 50.1 Å². The second kappa shape index (κ2) is 12.6. The summed E-state index contributed by atoms with van der Waals surface area (Å²) in [7, 11) is 0. The predicted molar refractivity (Wildman–Crippen MR) is 150 cm³/mol. The van der Waals surface area contributed by atoms with Crippen LogP contribution in [0.4, 0.5) is 0 Å². The van der Waals surface area contributed by atoms with Crippen molar-refractivity contribution in [1.29, 1.82) is 0 Å². The fraction of sp³-hybridized carbons (Fsp3) is 0.516. The molecule has 0 spiro atoms. The number of hydrogen-bond acceptors (Lipinski definition) is 6. The average molecular weight is 519 g/mol. The normalized spacial score (nSPS) is 15.1. The van der Waals surface area contributed by atoms with Crippen LogP contribution in [0, 0.1) is 5.92 Å². The minimum absolute atomic E-state index is 0.0679. The number of aromatic nitrogens is 2. The second-order valence-electron chi connectivity index (χ2n) is 11.6. The van der Waals surface area contributed by atoms with Crippen LogP contribution < -0.4 is 10.1 Å². The monoisotopic (exact) mass is 518 g/mol. The molecule has 3 aromatic rings. The van der Waals surface area contributed by atoms with Crippen molar-refractivity contribution in [2.75, 3.05) is 19.6 Å². The van der Waals surface area contributed by atoms with Crippen molar-refractivity contribution in [2.24, 2.45) is 5.92 Å². The van der Waals surface area contributed by atoms with Crippen LogP contribution >= 0.6 is 0 Å². The summed E-state index contributed by atoms with van der Waals surface area (Å²) in [6.45, 7) is 13.7. The molecule has 38 heavy (non-hydrogen) atoms. The minimum Gasteiger partial charge on any atom is -0.491 e. The van der Waals surface area contributed by atoms with Gasteiger partial charge >= 0.3 is 0 Å². The summed E-state index contributed by atoms with van der Waals surface area (Å²) in [4.78, 5) is 19.6. The summed E-state index contributed by atoms with van der Waals surface area (Å²) < 4.78 is 11.2. The van der Waals surface area contributed by atoms with Crippen LogP contribution in [0.1, 0.15) is 70.9 Å². The average Bonchev–Trinajstić information content (AvgIpc) is 3.35. The number of likely N-dealkylation sites (tertiary alicyclic amines) is 1. The van der Waals surface area contributed by atoms with Crippen molar-refractivity contribution in [3.05, 3.63) is 65.5 Å². The highest BCUT2D eigenvalue weighted by Crippen LogP contribution is 2.25. The first kappa shape index (κ1) is 27.8. The van der Waals surface area contributed by atoms with E-state index in [4.69, 9.17) is 9.26 Å². The van der Waals surface area contributed by atoms with Crippen molar-refractivity contribution in [1.82, 2.24) is 20.4 Å². The van der Waals surface area contributed by atoms with Crippen molar-refractivity contribution in [3.8, 4) is 17.1 Å². The number of nitrogens with one attached hydrogen (secondary N) is 1. The molecule has 4 rings (SSSR count). The number of piperidine rings is 1. The summed E-state index contributed by atoms with van der Waals surface area (Å²) in [5, 5.41) is 7.32. The van der Waals surface area contributed by atoms with E-state index in [1.54, 1.807) is 0 Å². The highest BCUT2D eigenvalue weighted by molar-refractivity contribution is 5.78. The number of aryl methyl sites for hydroxylation is 1. The largest absolute Gasteiger partial charge is 0.491 e. The fourth-order valence-electron chi connectivity index (χ4n) is 4.76. The molecule has 0 bridgehead atoms. The van der Waals surface area contributed by atoms with Gasteiger partial charge in [0.1, 0.15) is 5.75 Å². The molecule has 0 saturated carbocycles. The smallest absolute Gasteiger partial charge is 0.241 e. The van der Waals surface area contributed by atoms with E-state index in [9.17, 15) is 4.79 Å². The maximum atomic E-state index is 12.7. The van der Waals surface area contributed by atoms with Gasteiger partial charge in [-0.25, -0.2) is 0 Å². The summed E-state index contributed by atoms with van der Waals surface area (Å²) in [5.74, 6) is 2.37. The number of nitrogens with zero attached hydrogens (tertiary/aromatic N) is 3. The van der Waals surface area contributed by atoms with Crippen LogP contribution in [0.5, 0.6) is 5.75 Å². The van der Waals surface area contributed by atoms with Crippen molar-refractivity contribution in [3.63, 3.8) is 0 Å². The molecule has 1 fully saturated rings. The molecule has 2 heterocycles. The van der Waals surface area contributed by atoms with E-state index in [1.165, 1.54) is 11.1 Å². The number of rotatable bonds is 10. The lowest BCUT2D eigenvalue weighted by atomic mass is 9.87. The van der Waals surface area contributed by atoms with E-state index < -0.39 is 0 Å². The number of carbonyl (C=O) groups is 1. The first-order valence-corrected chi connectivity index (χ1v) is 13.9. The lowest BCUT2D eigenvalue weighted by Gasteiger charge is -2.30. The van der Waals surface area contributed by atoms with Gasteiger partial charge in [0.25, 0.3) is 0 Å². The zero-order valence-electron chi connectivity index (χ0n) is 23.5. The summed E-state index contributed by atoms with van der Waals surface area (Å²) in [5.41, 5.74) is 3.61. The van der Waals surface area contributed by atoms with Crippen LogP contribution in [-0.2, 0) is 23.2 Å². The third-order valence-corrected chi connectivity index (χ3v) is 7.03. The highest BCUT2D eigenvalue weighted by atomic mass is 16.5. The standard InChI is InChI=1S/C31H42N4O3/c1-22(2)37-27-14-8-23(9-15-27)7-6-18-32-30(36)25-16-19-35(20-17-25)21-28-33-29(34-38-28)24-10-12-26(13-11-24)31(3,4)5/h8-15,22,25H,6-7,16-21H2,1-5H3,(H,32,36). The molecule has 7 nitrogen and oxygen atoms in total. The minimum atomic E-state index is 0.0679. The lowest BCUT2D eigenvalue weighted by Crippen LogP contribution is -2.40. The molecular formula is C31H42N4O3. The third kappa shape index (κ3) is 7.90. The van der Waals surface area contributed by atoms with Gasteiger partial charge < -0.3 is 14.6 Å². The molecule has 0 radical (unpaired) electrons. The van der Waals surface area contributed by atoms with Gasteiger partial charge in [0.15, 0.2) is 0 Å². The lowest BCUT2D eigenvalue weighted by molar-refractivity contribution is -0.126. The molecule has 0 unspecified atom stereocenters. The van der Waals surface area contributed by atoms with Crippen molar-refractivity contribution < 1.29 is 14.1 Å². The van der Waals surface area contributed by atoms with Crippen LogP contribution in [0.25, 0.3) is 11.4 Å². The molecule has 0 atom stereocenters. The SMILES string of the molecule is CC(C)Oc1ccc(CCCNC(=O)C2CCN(Cc3nc(-c4ccc(C(C)(C)C)cc4)no3)CC2)cc1. The van der Waals surface area contributed by atoms with E-state index in [2.05, 4.69) is 77.5 Å². The molecule has 204 valence electrons. The summed E-state index contributed by atoms with van der Waals surface area (Å²) in [6, 6.07) is 16.6. The Morgan fingerprint density at radius 3 is 2.39 bits per heavy atom. The third-order valence-electron chi connectivity index (χ3n) is 7.03. The Morgan fingerprint density at radius 2 is 1.76 bits per heavy atom. The first-order chi connectivity index (χ1) is 18.2. The zero-order chi connectivity index (χ0) is 27.1. The molecule has 1 aliphatic rings. The Balaban J connectivity index is 1.15. The molecule has 1 saturated heterocycles. The van der Waals surface area contributed by atoms with Crippen molar-refractivity contribution >= 4 is 5.91 Å². The molecule has 1 aromatic heterocycles. The zero-order valence-corrected chi connectivity index (χ0v) is 23.5. The molecule has 2 aromatic carbocycles. The number of benzene rings is 2. The van der Waals surface area contributed by atoms with Gasteiger partial charge in [0.05, 0.1) is 12.6 Å². The number of carbonyl (C=O) groups excluding carboxylic acids is 1. The molecule has 1 amide bonds. The predicted octanol–water partition coefficient (Wildman–Crippen LogP) is 5.78. The maximum absolute atomic E-state index is 12.7. The number of amides is 1. The van der Waals surface area contributed by atoms with E-state index in [-0.39, 0.29) is 23.3 Å². The van der Waals surface area contributed by atoms with E-state index in [0.29, 0.717) is 24.8 Å². The van der Waals surface area contributed by atoms with Gasteiger partial charge in [-0.15, -0.1) is 0 Å². The number of hydrogen-bond donors (Lipinski definition) is 1. The molecule has 1 N–H and O–H groups in total. The van der Waals surface area contributed by atoms with Crippen LogP contribution in [0.15, 0.2) is 53.1 Å². The number of ether oxygens (including phenoxy) is 1. The molecular weight excluding hydrogens is 476 g/mol. The van der Waals surface area contributed by atoms with Gasteiger partial charge in [-0.1, -0.05) is 62.3 Å². The first-order valence-electron chi connectivity index (χ1n) is 13.9. The Labute approximate surface area is 227 Å². The summed E-state index contributed by atoms with van der Waals surface area (Å²) in [6.07, 6.45) is 3.73. The van der Waals surface area contributed by atoms with E-state index in [1.807, 2.05) is 26.0 Å². The van der Waals surface area contributed by atoms with Gasteiger partial charge in [0.2, 0.25) is 17.6 Å². The second-order valence-corrected chi connectivity index (χ2v) is 11.6. The van der Waals surface area contributed by atoms with Crippen LogP contribution in [0.2, 0.25) is 0 Å². The van der Waals surface area contributed by atoms with Gasteiger partial charge in [-0.3, -0.25) is 9.69 Å². The quantitative estimate of drug-likeness (QED) is 0.343. The molecule has 1 aliphatic heterocycles. The Bertz CT molecular complexity index is 1160. The van der Waals surface area contributed by atoms with Gasteiger partial charge in [0, 0.05) is 18.0 Å². The highest BCUT2D eigenvalue weighted by Gasteiger charge is 2.26. The van der Waals surface area contributed by atoms with Gasteiger partial charge in [-0.05, 0) is 81.3 Å². The van der Waals surface area contributed by atoms with Gasteiger partial charge in [-0.2, -0.15) is 4.98 Å². The van der Waals surface area contributed by atoms with Crippen molar-refractivity contribution in [2.45, 2.75) is 78.4 Å². The Morgan fingerprint density at radius 1 is 1.08 bits per heavy atom.